The summed E-state index contributed by atoms with van der Waals surface area (Å²) in [5, 5.41) is 5.27. The number of ether oxygens (including phenoxy) is 1. The lowest BCUT2D eigenvalue weighted by atomic mass is 10.1. The lowest BCUT2D eigenvalue weighted by Gasteiger charge is -2.17. The Morgan fingerprint density at radius 1 is 1.00 bits per heavy atom. The van der Waals surface area contributed by atoms with E-state index in [1.165, 1.54) is 7.05 Å². The molecule has 132 valence electrons. The number of para-hydroxylation sites is 1. The molecule has 0 bridgehead atoms. The number of H-pyrrole nitrogens is 1. The first-order valence-corrected chi connectivity index (χ1v) is 7.94. The molecule has 0 aliphatic heterocycles. The molecule has 0 saturated carbocycles. The minimum atomic E-state index is -1.26. The maximum Gasteiger partial charge on any atom is 0.355 e. The molecule has 3 rings (SSSR count). The third-order valence-electron chi connectivity index (χ3n) is 3.78. The van der Waals surface area contributed by atoms with Crippen molar-refractivity contribution in [3.8, 4) is 0 Å². The zero-order valence-corrected chi connectivity index (χ0v) is 14.0. The molecule has 0 aliphatic rings. The van der Waals surface area contributed by atoms with Gasteiger partial charge in [0.15, 0.2) is 0 Å². The van der Waals surface area contributed by atoms with Crippen molar-refractivity contribution >= 4 is 28.8 Å². The predicted octanol–water partition coefficient (Wildman–Crippen LogP) is 2.52. The van der Waals surface area contributed by atoms with Crippen LogP contribution in [0.2, 0.25) is 0 Å². The minimum Gasteiger partial charge on any atom is -0.443 e. The van der Waals surface area contributed by atoms with E-state index >= 15 is 0 Å². The largest absolute Gasteiger partial charge is 0.443 e. The molecule has 2 aromatic carbocycles. The molecule has 3 aromatic rings. The van der Waals surface area contributed by atoms with Gasteiger partial charge in [-0.25, -0.2) is 9.59 Å². The number of nitrogens with one attached hydrogen (secondary N) is 3. The topological polar surface area (TPSA) is 100 Å². The van der Waals surface area contributed by atoms with Crippen LogP contribution in [-0.4, -0.2) is 29.9 Å². The number of imide groups is 1. The van der Waals surface area contributed by atoms with Crippen LogP contribution < -0.4 is 10.6 Å². The van der Waals surface area contributed by atoms with Crippen molar-refractivity contribution in [3.05, 3.63) is 71.9 Å². The molecule has 1 atom stereocenters. The fraction of sp³-hybridized carbons (Fsp3) is 0.105. The molecular formula is C19H17N3O4. The molecule has 0 fully saturated rings. The van der Waals surface area contributed by atoms with Crippen LogP contribution in [0, 0.1) is 0 Å². The van der Waals surface area contributed by atoms with Gasteiger partial charge in [-0.15, -0.1) is 0 Å². The molecule has 7 nitrogen and oxygen atoms in total. The first-order chi connectivity index (χ1) is 12.6. The van der Waals surface area contributed by atoms with Gasteiger partial charge in [-0.3, -0.25) is 10.1 Å². The summed E-state index contributed by atoms with van der Waals surface area (Å²) in [7, 11) is 1.39. The summed E-state index contributed by atoms with van der Waals surface area (Å²) < 4.78 is 5.40. The van der Waals surface area contributed by atoms with Gasteiger partial charge in [0.05, 0.1) is 0 Å². The van der Waals surface area contributed by atoms with Gasteiger partial charge in [-0.1, -0.05) is 48.5 Å². The molecule has 0 radical (unpaired) electrons. The van der Waals surface area contributed by atoms with E-state index in [0.717, 1.165) is 10.9 Å². The molecule has 7 heteroatoms. The van der Waals surface area contributed by atoms with Crippen LogP contribution in [-0.2, 0) is 9.53 Å². The summed E-state index contributed by atoms with van der Waals surface area (Å²) >= 11 is 0. The van der Waals surface area contributed by atoms with Crippen LogP contribution in [0.5, 0.6) is 0 Å². The number of aromatic nitrogens is 1. The van der Waals surface area contributed by atoms with Crippen LogP contribution in [0.15, 0.2) is 60.7 Å². The van der Waals surface area contributed by atoms with Crippen LogP contribution in [0.4, 0.5) is 4.79 Å². The Bertz CT molecular complexity index is 917. The average molecular weight is 351 g/mol. The SMILES string of the molecule is CNC(=O)NC(=O)C(OC(=O)c1cc2ccccc2[nH]1)c1ccccc1. The molecule has 3 N–H and O–H groups in total. The van der Waals surface area contributed by atoms with Crippen LogP contribution >= 0.6 is 0 Å². The lowest BCUT2D eigenvalue weighted by Crippen LogP contribution is -2.41. The monoisotopic (exact) mass is 351 g/mol. The van der Waals surface area contributed by atoms with Gasteiger partial charge in [0, 0.05) is 23.5 Å². The molecule has 1 heterocycles. The van der Waals surface area contributed by atoms with Crippen molar-refractivity contribution in [2.24, 2.45) is 0 Å². The predicted molar refractivity (Wildman–Crippen MR) is 95.5 cm³/mol. The van der Waals surface area contributed by atoms with E-state index in [1.54, 1.807) is 36.4 Å². The van der Waals surface area contributed by atoms with Gasteiger partial charge in [0.1, 0.15) is 5.69 Å². The zero-order valence-electron chi connectivity index (χ0n) is 14.0. The van der Waals surface area contributed by atoms with Gasteiger partial charge in [0.25, 0.3) is 5.91 Å². The number of esters is 1. The Hall–Kier alpha value is -3.61. The molecule has 0 spiro atoms. The normalized spacial score (nSPS) is 11.6. The van der Waals surface area contributed by atoms with Crippen LogP contribution in [0.3, 0.4) is 0 Å². The van der Waals surface area contributed by atoms with Crippen molar-refractivity contribution in [1.29, 1.82) is 0 Å². The van der Waals surface area contributed by atoms with E-state index in [1.807, 2.05) is 24.3 Å². The molecule has 0 saturated heterocycles. The number of hydrogen-bond donors (Lipinski definition) is 3. The Balaban J connectivity index is 1.85. The van der Waals surface area contributed by atoms with E-state index in [-0.39, 0.29) is 5.69 Å². The number of aromatic amines is 1. The molecule has 1 aromatic heterocycles. The molecule has 26 heavy (non-hydrogen) atoms. The summed E-state index contributed by atoms with van der Waals surface area (Å²) in [6, 6.07) is 16.9. The quantitative estimate of drug-likeness (QED) is 0.629. The van der Waals surface area contributed by atoms with E-state index in [9.17, 15) is 14.4 Å². The second kappa shape index (κ2) is 7.52. The number of hydrogen-bond acceptors (Lipinski definition) is 4. The number of benzene rings is 2. The second-order valence-electron chi connectivity index (χ2n) is 5.53. The third-order valence-corrected chi connectivity index (χ3v) is 3.78. The molecular weight excluding hydrogens is 334 g/mol. The second-order valence-corrected chi connectivity index (χ2v) is 5.53. The summed E-state index contributed by atoms with van der Waals surface area (Å²) in [6.07, 6.45) is -1.26. The average Bonchev–Trinajstić information content (AvgIpc) is 3.10. The highest BCUT2D eigenvalue weighted by atomic mass is 16.5. The number of rotatable bonds is 4. The minimum absolute atomic E-state index is 0.222. The summed E-state index contributed by atoms with van der Waals surface area (Å²) in [5.74, 6) is -1.43. The number of carbonyl (C=O) groups is 3. The summed E-state index contributed by atoms with van der Waals surface area (Å²) in [6.45, 7) is 0. The van der Waals surface area contributed by atoms with Crippen molar-refractivity contribution in [1.82, 2.24) is 15.6 Å². The van der Waals surface area contributed by atoms with Gasteiger partial charge in [0.2, 0.25) is 6.10 Å². The number of carbonyl (C=O) groups excluding carboxylic acids is 3. The van der Waals surface area contributed by atoms with E-state index in [4.69, 9.17) is 4.74 Å². The molecule has 0 aliphatic carbocycles. The maximum atomic E-state index is 12.5. The first kappa shape index (κ1) is 17.2. The van der Waals surface area contributed by atoms with Crippen molar-refractivity contribution < 1.29 is 19.1 Å². The first-order valence-electron chi connectivity index (χ1n) is 7.94. The Kier molecular flexibility index (Phi) is 4.98. The Labute approximate surface area is 149 Å². The van der Waals surface area contributed by atoms with E-state index in [2.05, 4.69) is 15.6 Å². The lowest BCUT2D eigenvalue weighted by molar-refractivity contribution is -0.129. The Morgan fingerprint density at radius 3 is 2.38 bits per heavy atom. The molecule has 3 amide bonds. The number of fused-ring (bicyclic) bond motifs is 1. The third kappa shape index (κ3) is 3.72. The fourth-order valence-corrected chi connectivity index (χ4v) is 2.49. The fourth-order valence-electron chi connectivity index (χ4n) is 2.49. The highest BCUT2D eigenvalue weighted by Crippen LogP contribution is 2.21. The van der Waals surface area contributed by atoms with Crippen molar-refractivity contribution in [3.63, 3.8) is 0 Å². The smallest absolute Gasteiger partial charge is 0.355 e. The van der Waals surface area contributed by atoms with Gasteiger partial charge < -0.3 is 15.0 Å². The van der Waals surface area contributed by atoms with Crippen molar-refractivity contribution in [2.75, 3.05) is 7.05 Å². The summed E-state index contributed by atoms with van der Waals surface area (Å²) in [5.41, 5.74) is 1.46. The van der Waals surface area contributed by atoms with Gasteiger partial charge in [-0.2, -0.15) is 0 Å². The van der Waals surface area contributed by atoms with E-state index in [0.29, 0.717) is 5.56 Å². The van der Waals surface area contributed by atoms with Gasteiger partial charge in [-0.05, 0) is 12.1 Å². The van der Waals surface area contributed by atoms with Gasteiger partial charge >= 0.3 is 12.0 Å². The standard InChI is InChI=1S/C19H17N3O4/c1-20-19(25)22-17(23)16(12-7-3-2-4-8-12)26-18(24)15-11-13-9-5-6-10-14(13)21-15/h2-11,16,21H,1H3,(H2,20,22,23,25). The van der Waals surface area contributed by atoms with Crippen LogP contribution in [0.25, 0.3) is 10.9 Å². The van der Waals surface area contributed by atoms with E-state index < -0.39 is 24.0 Å². The maximum absolute atomic E-state index is 12.5. The highest BCUT2D eigenvalue weighted by molar-refractivity contribution is 6.00. The highest BCUT2D eigenvalue weighted by Gasteiger charge is 2.27. The van der Waals surface area contributed by atoms with Crippen LogP contribution in [0.1, 0.15) is 22.2 Å². The summed E-state index contributed by atoms with van der Waals surface area (Å²) in [4.78, 5) is 39.3. The van der Waals surface area contributed by atoms with Crippen molar-refractivity contribution in [2.45, 2.75) is 6.10 Å². The number of amides is 3. The molecule has 1 unspecified atom stereocenters. The zero-order chi connectivity index (χ0) is 18.5. The Morgan fingerprint density at radius 2 is 1.69 bits per heavy atom. The number of urea groups is 1.